The molecule has 0 fully saturated rings. The number of halogens is 1. The third-order valence-electron chi connectivity index (χ3n) is 1.44. The highest BCUT2D eigenvalue weighted by Crippen LogP contribution is 2.13. The molecule has 11 heavy (non-hydrogen) atoms. The highest BCUT2D eigenvalue weighted by atomic mass is 19.1. The van der Waals surface area contributed by atoms with Gasteiger partial charge in [-0.15, -0.1) is 0 Å². The van der Waals surface area contributed by atoms with Crippen molar-refractivity contribution in [2.24, 2.45) is 0 Å². The van der Waals surface area contributed by atoms with E-state index in [2.05, 4.69) is 5.32 Å². The van der Waals surface area contributed by atoms with Crippen LogP contribution in [-0.2, 0) is 0 Å². The Bertz CT molecular complexity index is 271. The first kappa shape index (κ1) is 7.72. The fraction of sp³-hybridized carbons (Fsp3) is 0.125. The van der Waals surface area contributed by atoms with E-state index >= 15 is 0 Å². The van der Waals surface area contributed by atoms with Gasteiger partial charge in [0.05, 0.1) is 0 Å². The summed E-state index contributed by atoms with van der Waals surface area (Å²) in [5.41, 5.74) is 1.33. The second kappa shape index (κ2) is 3.14. The van der Waals surface area contributed by atoms with Crippen LogP contribution in [0.25, 0.3) is 0 Å². The largest absolute Gasteiger partial charge is 0.388 e. The first-order chi connectivity index (χ1) is 5.27. The summed E-state index contributed by atoms with van der Waals surface area (Å²) in [6, 6.07) is 4.29. The molecule has 2 N–H and O–H groups in total. The number of benzene rings is 1. The first-order valence-corrected chi connectivity index (χ1v) is 3.25. The zero-order valence-electron chi connectivity index (χ0n) is 6.19. The van der Waals surface area contributed by atoms with E-state index in [1.54, 1.807) is 13.1 Å². The summed E-state index contributed by atoms with van der Waals surface area (Å²) in [5.74, 6) is -0.317. The zero-order valence-corrected chi connectivity index (χ0v) is 6.19. The summed E-state index contributed by atoms with van der Waals surface area (Å²) < 4.78 is 12.5. The Hall–Kier alpha value is -1.38. The lowest BCUT2D eigenvalue weighted by atomic mass is 10.2. The van der Waals surface area contributed by atoms with E-state index in [9.17, 15) is 4.39 Å². The summed E-state index contributed by atoms with van der Waals surface area (Å²) in [4.78, 5) is 0. The van der Waals surface area contributed by atoms with Crippen LogP contribution in [0.2, 0.25) is 0 Å². The second-order valence-electron chi connectivity index (χ2n) is 2.13. The molecule has 0 radical (unpaired) electrons. The van der Waals surface area contributed by atoms with Crippen LogP contribution in [0.3, 0.4) is 0 Å². The predicted molar refractivity (Wildman–Crippen MR) is 43.8 cm³/mol. The van der Waals surface area contributed by atoms with Gasteiger partial charge in [-0.1, -0.05) is 0 Å². The predicted octanol–water partition coefficient (Wildman–Crippen LogP) is 1.87. The molecule has 0 spiro atoms. The molecule has 2 nitrogen and oxygen atoms in total. The van der Waals surface area contributed by atoms with Gasteiger partial charge in [0.1, 0.15) is 5.82 Å². The van der Waals surface area contributed by atoms with Crippen LogP contribution in [-0.4, -0.2) is 13.3 Å². The molecule has 0 aliphatic carbocycles. The van der Waals surface area contributed by atoms with Crippen LogP contribution in [0.5, 0.6) is 0 Å². The Labute approximate surface area is 64.6 Å². The molecule has 1 aromatic carbocycles. The van der Waals surface area contributed by atoms with Crippen LogP contribution < -0.4 is 5.32 Å². The van der Waals surface area contributed by atoms with Crippen molar-refractivity contribution in [2.45, 2.75) is 0 Å². The van der Waals surface area contributed by atoms with E-state index in [4.69, 9.17) is 5.41 Å². The van der Waals surface area contributed by atoms with Crippen molar-refractivity contribution in [1.29, 1.82) is 5.41 Å². The van der Waals surface area contributed by atoms with Crippen molar-refractivity contribution in [1.82, 2.24) is 0 Å². The molecule has 0 atom stereocenters. The topological polar surface area (TPSA) is 35.9 Å². The highest BCUT2D eigenvalue weighted by Gasteiger charge is 1.97. The molecule has 0 aliphatic heterocycles. The lowest BCUT2D eigenvalue weighted by Gasteiger charge is -2.02. The molecule has 0 aliphatic rings. The molecule has 0 saturated heterocycles. The SMILES string of the molecule is CNc1ccc(F)cc1C=N. The van der Waals surface area contributed by atoms with Crippen molar-refractivity contribution < 1.29 is 4.39 Å². The van der Waals surface area contributed by atoms with E-state index in [0.717, 1.165) is 11.9 Å². The molecule has 0 bridgehead atoms. The van der Waals surface area contributed by atoms with Gasteiger partial charge in [0.25, 0.3) is 0 Å². The maximum Gasteiger partial charge on any atom is 0.124 e. The molecule has 58 valence electrons. The molecule has 1 rings (SSSR count). The van der Waals surface area contributed by atoms with Crippen LogP contribution in [0.1, 0.15) is 5.56 Å². The van der Waals surface area contributed by atoms with Gasteiger partial charge in [-0.2, -0.15) is 0 Å². The number of anilines is 1. The molecular formula is C8H9FN2. The Morgan fingerprint density at radius 2 is 2.27 bits per heavy atom. The Morgan fingerprint density at radius 1 is 1.55 bits per heavy atom. The van der Waals surface area contributed by atoms with Crippen molar-refractivity contribution in [3.8, 4) is 0 Å². The van der Waals surface area contributed by atoms with Crippen molar-refractivity contribution in [2.75, 3.05) is 12.4 Å². The molecular weight excluding hydrogens is 143 g/mol. The van der Waals surface area contributed by atoms with Gasteiger partial charge in [0, 0.05) is 24.5 Å². The number of nitrogens with one attached hydrogen (secondary N) is 2. The standard InChI is InChI=1S/C8H9FN2/c1-11-8-3-2-7(9)4-6(8)5-10/h2-5,10-11H,1H3. The van der Waals surface area contributed by atoms with Crippen LogP contribution in [0.4, 0.5) is 10.1 Å². The molecule has 0 amide bonds. The van der Waals surface area contributed by atoms with Crippen molar-refractivity contribution >= 4 is 11.9 Å². The smallest absolute Gasteiger partial charge is 0.124 e. The van der Waals surface area contributed by atoms with E-state index in [1.807, 2.05) is 0 Å². The Morgan fingerprint density at radius 3 is 2.82 bits per heavy atom. The minimum Gasteiger partial charge on any atom is -0.388 e. The Kier molecular flexibility index (Phi) is 2.21. The quantitative estimate of drug-likeness (QED) is 0.623. The van der Waals surface area contributed by atoms with Gasteiger partial charge in [0.15, 0.2) is 0 Å². The fourth-order valence-electron chi connectivity index (χ4n) is 0.881. The maximum atomic E-state index is 12.5. The average molecular weight is 152 g/mol. The summed E-state index contributed by atoms with van der Waals surface area (Å²) in [7, 11) is 1.74. The van der Waals surface area contributed by atoms with E-state index < -0.39 is 0 Å². The lowest BCUT2D eigenvalue weighted by Crippen LogP contribution is -1.94. The van der Waals surface area contributed by atoms with Crippen LogP contribution in [0.15, 0.2) is 18.2 Å². The summed E-state index contributed by atoms with van der Waals surface area (Å²) >= 11 is 0. The molecule has 0 unspecified atom stereocenters. The fourth-order valence-corrected chi connectivity index (χ4v) is 0.881. The normalized spacial score (nSPS) is 9.27. The minimum absolute atomic E-state index is 0.317. The average Bonchev–Trinajstić information content (AvgIpc) is 2.04. The van der Waals surface area contributed by atoms with Gasteiger partial charge in [-0.05, 0) is 18.2 Å². The summed E-state index contributed by atoms with van der Waals surface area (Å²) in [6.07, 6.45) is 1.12. The second-order valence-corrected chi connectivity index (χ2v) is 2.13. The lowest BCUT2D eigenvalue weighted by molar-refractivity contribution is 0.628. The number of hydrogen-bond donors (Lipinski definition) is 2. The number of hydrogen-bond acceptors (Lipinski definition) is 2. The van der Waals surface area contributed by atoms with Gasteiger partial charge in [0.2, 0.25) is 0 Å². The van der Waals surface area contributed by atoms with E-state index in [-0.39, 0.29) is 5.82 Å². The van der Waals surface area contributed by atoms with Gasteiger partial charge < -0.3 is 10.7 Å². The van der Waals surface area contributed by atoms with Crippen molar-refractivity contribution in [3.63, 3.8) is 0 Å². The highest BCUT2D eigenvalue weighted by molar-refractivity contribution is 5.85. The van der Waals surface area contributed by atoms with E-state index in [1.165, 1.54) is 12.1 Å². The summed E-state index contributed by atoms with van der Waals surface area (Å²) in [5, 5.41) is 9.81. The van der Waals surface area contributed by atoms with Gasteiger partial charge in [-0.25, -0.2) is 4.39 Å². The molecule has 0 aromatic heterocycles. The number of rotatable bonds is 2. The van der Waals surface area contributed by atoms with E-state index in [0.29, 0.717) is 5.56 Å². The third kappa shape index (κ3) is 1.55. The molecule has 0 saturated carbocycles. The minimum atomic E-state index is -0.317. The molecule has 3 heteroatoms. The van der Waals surface area contributed by atoms with Crippen molar-refractivity contribution in [3.05, 3.63) is 29.6 Å². The Balaban J connectivity index is 3.16. The summed E-state index contributed by atoms with van der Waals surface area (Å²) in [6.45, 7) is 0. The molecule has 0 heterocycles. The van der Waals surface area contributed by atoms with Crippen LogP contribution in [0, 0.1) is 11.2 Å². The molecule has 1 aromatic rings. The first-order valence-electron chi connectivity index (χ1n) is 3.25. The zero-order chi connectivity index (χ0) is 8.27. The monoisotopic (exact) mass is 152 g/mol. The maximum absolute atomic E-state index is 12.5. The van der Waals surface area contributed by atoms with Gasteiger partial charge in [-0.3, -0.25) is 0 Å². The van der Waals surface area contributed by atoms with Gasteiger partial charge >= 0.3 is 0 Å². The van der Waals surface area contributed by atoms with Crippen LogP contribution >= 0.6 is 0 Å². The third-order valence-corrected chi connectivity index (χ3v) is 1.44.